The Hall–Kier alpha value is -1.97. The molecule has 7 nitrogen and oxygen atoms in total. The molecule has 0 radical (unpaired) electrons. The number of amides is 1. The third-order valence-electron chi connectivity index (χ3n) is 5.75. The number of aryl methyl sites for hydroxylation is 1. The third kappa shape index (κ3) is 2.94. The van der Waals surface area contributed by atoms with Gasteiger partial charge in [0.1, 0.15) is 0 Å². The van der Waals surface area contributed by atoms with Gasteiger partial charge >= 0.3 is 0 Å². The number of nitrogens with zero attached hydrogens (tertiary/aromatic N) is 3. The summed E-state index contributed by atoms with van der Waals surface area (Å²) in [5.74, 6) is 0.677. The van der Waals surface area contributed by atoms with Crippen LogP contribution in [0.3, 0.4) is 0 Å². The molecule has 2 unspecified atom stereocenters. The number of nitrogens with one attached hydrogen (secondary N) is 1. The molecule has 2 aromatic rings. The molecule has 1 N–H and O–H groups in total. The van der Waals surface area contributed by atoms with Crippen LogP contribution in [0, 0.1) is 11.8 Å². The van der Waals surface area contributed by atoms with Gasteiger partial charge in [0.25, 0.3) is 0 Å². The molecule has 1 aromatic carbocycles. The fourth-order valence-corrected chi connectivity index (χ4v) is 6.61. The molecule has 9 heteroatoms. The van der Waals surface area contributed by atoms with Crippen molar-refractivity contribution in [3.8, 4) is 0 Å². The number of carbonyl (C=O) groups is 1. The number of benzene rings is 1. The average Bonchev–Trinajstić information content (AvgIpc) is 3.36. The number of anilines is 2. The van der Waals surface area contributed by atoms with Gasteiger partial charge in [0.15, 0.2) is 5.13 Å². The Bertz CT molecular complexity index is 976. The minimum Gasteiger partial charge on any atom is -0.347 e. The standard InChI is InChI=1S/C18H20N4O3S2/c23-17-4-1-12-7-15(2-3-16(12)20-17)27(24,25)22-10-13-8-21(9-14(13)11-22)18-19-5-6-26-18/h2-3,5-7,13-14H,1,4,8-11H2,(H,20,23). The second-order valence-electron chi connectivity index (χ2n) is 7.43. The zero-order valence-electron chi connectivity index (χ0n) is 14.7. The highest BCUT2D eigenvalue weighted by molar-refractivity contribution is 7.89. The lowest BCUT2D eigenvalue weighted by molar-refractivity contribution is -0.116. The van der Waals surface area contributed by atoms with Crippen LogP contribution in [0.2, 0.25) is 0 Å². The van der Waals surface area contributed by atoms with Gasteiger partial charge in [-0.2, -0.15) is 4.31 Å². The molecule has 3 aliphatic rings. The molecule has 4 heterocycles. The number of carbonyl (C=O) groups excluding carboxylic acids is 1. The fraction of sp³-hybridized carbons (Fsp3) is 0.444. The molecule has 27 heavy (non-hydrogen) atoms. The van der Waals surface area contributed by atoms with E-state index >= 15 is 0 Å². The van der Waals surface area contributed by atoms with Crippen molar-refractivity contribution in [2.24, 2.45) is 11.8 Å². The Kier molecular flexibility index (Phi) is 3.99. The average molecular weight is 405 g/mol. The van der Waals surface area contributed by atoms with E-state index in [0.29, 0.717) is 42.7 Å². The normalized spacial score (nSPS) is 25.3. The zero-order valence-corrected chi connectivity index (χ0v) is 16.3. The predicted molar refractivity (Wildman–Crippen MR) is 103 cm³/mol. The van der Waals surface area contributed by atoms with Gasteiger partial charge in [-0.15, -0.1) is 11.3 Å². The molecule has 0 saturated carbocycles. The van der Waals surface area contributed by atoms with Crippen molar-refractivity contribution in [3.63, 3.8) is 0 Å². The van der Waals surface area contributed by atoms with Crippen molar-refractivity contribution in [2.75, 3.05) is 36.4 Å². The van der Waals surface area contributed by atoms with Crippen LogP contribution in [-0.2, 0) is 21.2 Å². The molecule has 1 amide bonds. The topological polar surface area (TPSA) is 82.6 Å². The van der Waals surface area contributed by atoms with Crippen molar-refractivity contribution >= 4 is 38.1 Å². The van der Waals surface area contributed by atoms with E-state index in [1.807, 2.05) is 11.6 Å². The van der Waals surface area contributed by atoms with E-state index in [2.05, 4.69) is 15.2 Å². The predicted octanol–water partition coefficient (Wildman–Crippen LogP) is 1.78. The maximum absolute atomic E-state index is 13.1. The molecular weight excluding hydrogens is 384 g/mol. The van der Waals surface area contributed by atoms with Gasteiger partial charge in [0.2, 0.25) is 15.9 Å². The summed E-state index contributed by atoms with van der Waals surface area (Å²) in [4.78, 5) is 18.5. The summed E-state index contributed by atoms with van der Waals surface area (Å²) in [7, 11) is -3.51. The number of hydrogen-bond acceptors (Lipinski definition) is 6. The highest BCUT2D eigenvalue weighted by atomic mass is 32.2. The molecule has 3 aliphatic heterocycles. The van der Waals surface area contributed by atoms with Crippen molar-refractivity contribution in [1.29, 1.82) is 0 Å². The van der Waals surface area contributed by atoms with Crippen molar-refractivity contribution < 1.29 is 13.2 Å². The third-order valence-corrected chi connectivity index (χ3v) is 8.41. The van der Waals surface area contributed by atoms with E-state index in [-0.39, 0.29) is 5.91 Å². The van der Waals surface area contributed by atoms with Gasteiger partial charge in [-0.05, 0) is 42.0 Å². The Morgan fingerprint density at radius 2 is 1.89 bits per heavy atom. The van der Waals surface area contributed by atoms with Gasteiger partial charge < -0.3 is 10.2 Å². The molecule has 2 saturated heterocycles. The molecule has 5 rings (SSSR count). The van der Waals surface area contributed by atoms with Crippen LogP contribution >= 0.6 is 11.3 Å². The number of rotatable bonds is 3. The fourth-order valence-electron chi connectivity index (χ4n) is 4.34. The molecule has 142 valence electrons. The molecule has 1 aromatic heterocycles. The van der Waals surface area contributed by atoms with Crippen LogP contribution in [0.1, 0.15) is 12.0 Å². The number of thiazole rings is 1. The molecular formula is C18H20N4O3S2. The van der Waals surface area contributed by atoms with E-state index in [4.69, 9.17) is 0 Å². The van der Waals surface area contributed by atoms with Gasteiger partial charge in [0, 0.05) is 49.9 Å². The van der Waals surface area contributed by atoms with Crippen LogP contribution in [0.15, 0.2) is 34.7 Å². The van der Waals surface area contributed by atoms with Crippen molar-refractivity contribution in [3.05, 3.63) is 35.3 Å². The van der Waals surface area contributed by atoms with Gasteiger partial charge in [0.05, 0.1) is 4.90 Å². The SMILES string of the molecule is O=C1CCc2cc(S(=O)(=O)N3CC4CN(c5nccs5)CC4C3)ccc2N1. The Morgan fingerprint density at radius 1 is 1.11 bits per heavy atom. The quantitative estimate of drug-likeness (QED) is 0.843. The first-order valence-corrected chi connectivity index (χ1v) is 11.4. The van der Waals surface area contributed by atoms with Crippen LogP contribution in [0.5, 0.6) is 0 Å². The number of sulfonamides is 1. The van der Waals surface area contributed by atoms with Gasteiger partial charge in [-0.1, -0.05) is 0 Å². The molecule has 0 bridgehead atoms. The summed E-state index contributed by atoms with van der Waals surface area (Å²) in [5.41, 5.74) is 1.62. The number of aromatic nitrogens is 1. The van der Waals surface area contributed by atoms with Crippen LogP contribution in [0.4, 0.5) is 10.8 Å². The van der Waals surface area contributed by atoms with Crippen LogP contribution in [-0.4, -0.2) is 49.8 Å². The second kappa shape index (κ2) is 6.29. The largest absolute Gasteiger partial charge is 0.347 e. The lowest BCUT2D eigenvalue weighted by Gasteiger charge is -2.22. The van der Waals surface area contributed by atoms with Gasteiger partial charge in [-0.25, -0.2) is 13.4 Å². The highest BCUT2D eigenvalue weighted by Gasteiger charge is 2.44. The van der Waals surface area contributed by atoms with Crippen molar-refractivity contribution in [2.45, 2.75) is 17.7 Å². The summed E-state index contributed by atoms with van der Waals surface area (Å²) in [6.45, 7) is 2.84. The van der Waals surface area contributed by atoms with Crippen LogP contribution in [0.25, 0.3) is 0 Å². The monoisotopic (exact) mass is 404 g/mol. The van der Waals surface area contributed by atoms with E-state index in [9.17, 15) is 13.2 Å². The molecule has 2 atom stereocenters. The first kappa shape index (κ1) is 17.2. The first-order valence-electron chi connectivity index (χ1n) is 9.08. The zero-order chi connectivity index (χ0) is 18.6. The van der Waals surface area contributed by atoms with E-state index < -0.39 is 10.0 Å². The van der Waals surface area contributed by atoms with E-state index in [1.54, 1.807) is 33.8 Å². The highest BCUT2D eigenvalue weighted by Crippen LogP contribution is 2.37. The van der Waals surface area contributed by atoms with Crippen LogP contribution < -0.4 is 10.2 Å². The Balaban J connectivity index is 1.33. The minimum atomic E-state index is -3.51. The summed E-state index contributed by atoms with van der Waals surface area (Å²) in [5, 5.41) is 5.80. The molecule has 0 aliphatic carbocycles. The Morgan fingerprint density at radius 3 is 2.59 bits per heavy atom. The summed E-state index contributed by atoms with van der Waals surface area (Å²) < 4.78 is 27.9. The van der Waals surface area contributed by atoms with E-state index in [1.165, 1.54) is 0 Å². The molecule has 0 spiro atoms. The van der Waals surface area contributed by atoms with E-state index in [0.717, 1.165) is 29.5 Å². The van der Waals surface area contributed by atoms with Crippen molar-refractivity contribution in [1.82, 2.24) is 9.29 Å². The number of hydrogen-bond donors (Lipinski definition) is 1. The lowest BCUT2D eigenvalue weighted by atomic mass is 10.0. The Labute approximate surface area is 162 Å². The molecule has 2 fully saturated rings. The maximum atomic E-state index is 13.1. The minimum absolute atomic E-state index is 0.0183. The smallest absolute Gasteiger partial charge is 0.243 e. The summed E-state index contributed by atoms with van der Waals surface area (Å²) in [6.07, 6.45) is 2.79. The summed E-state index contributed by atoms with van der Waals surface area (Å²) >= 11 is 1.63. The lowest BCUT2D eigenvalue weighted by Crippen LogP contribution is -2.33. The second-order valence-corrected chi connectivity index (χ2v) is 10.2. The number of fused-ring (bicyclic) bond motifs is 2. The van der Waals surface area contributed by atoms with Gasteiger partial charge in [-0.3, -0.25) is 4.79 Å². The summed E-state index contributed by atoms with van der Waals surface area (Å²) in [6, 6.07) is 5.04. The first-order chi connectivity index (χ1) is 13.0. The maximum Gasteiger partial charge on any atom is 0.243 e.